The minimum Gasteiger partial charge on any atom is -0.507 e. The van der Waals surface area contributed by atoms with Gasteiger partial charge in [0.1, 0.15) is 24.7 Å². The number of rotatable bonds is 10. The first-order valence-electron chi connectivity index (χ1n) is 8.90. The third-order valence-corrected chi connectivity index (χ3v) is 4.34. The van der Waals surface area contributed by atoms with E-state index in [1.54, 1.807) is 0 Å². The molecule has 0 aliphatic carbocycles. The average molecular weight is 340 g/mol. The molecule has 2 aromatic carbocycles. The number of hydrogen-bond donors (Lipinski definition) is 1. The van der Waals surface area contributed by atoms with E-state index in [1.807, 2.05) is 25.1 Å². The fourth-order valence-electron chi connectivity index (χ4n) is 2.96. The van der Waals surface area contributed by atoms with Crippen molar-refractivity contribution in [2.24, 2.45) is 0 Å². The standard InChI is InChI=1S/C22H28O3/c1-4-18-10-7-13-20(22(18)25-16-15-24-5-2)14-8-12-19-11-6-9-17(3)21(19)23/h5-7,9-11,13,23H,2,4,8,12,14-16H2,1,3H3. The summed E-state index contributed by atoms with van der Waals surface area (Å²) >= 11 is 0. The maximum Gasteiger partial charge on any atom is 0.125 e. The SMILES string of the molecule is C=COCCOc1c(CC)cccc1CCCc1cccc(C)c1O. The highest BCUT2D eigenvalue weighted by Crippen LogP contribution is 2.28. The van der Waals surface area contributed by atoms with Crippen LogP contribution in [-0.2, 0) is 24.0 Å². The van der Waals surface area contributed by atoms with E-state index >= 15 is 0 Å². The van der Waals surface area contributed by atoms with Crippen LogP contribution in [0, 0.1) is 6.92 Å². The first-order valence-corrected chi connectivity index (χ1v) is 8.90. The van der Waals surface area contributed by atoms with E-state index in [2.05, 4.69) is 31.7 Å². The van der Waals surface area contributed by atoms with Gasteiger partial charge in [-0.2, -0.15) is 0 Å². The molecule has 0 saturated carbocycles. The molecule has 3 heteroatoms. The molecule has 25 heavy (non-hydrogen) atoms. The van der Waals surface area contributed by atoms with Crippen LogP contribution in [0.2, 0.25) is 0 Å². The molecule has 0 radical (unpaired) electrons. The molecule has 0 aliphatic heterocycles. The predicted molar refractivity (Wildman–Crippen MR) is 102 cm³/mol. The molecule has 0 aromatic heterocycles. The summed E-state index contributed by atoms with van der Waals surface area (Å²) in [6.45, 7) is 8.61. The number of phenols is 1. The minimum atomic E-state index is 0.419. The summed E-state index contributed by atoms with van der Waals surface area (Å²) in [4.78, 5) is 0. The van der Waals surface area contributed by atoms with Crippen LogP contribution in [0.4, 0.5) is 0 Å². The fraction of sp³-hybridized carbons (Fsp3) is 0.364. The first kappa shape index (κ1) is 18.9. The highest BCUT2D eigenvalue weighted by molar-refractivity contribution is 5.42. The number of aryl methyl sites for hydroxylation is 4. The van der Waals surface area contributed by atoms with E-state index in [1.165, 1.54) is 17.4 Å². The van der Waals surface area contributed by atoms with Gasteiger partial charge in [-0.25, -0.2) is 0 Å². The molecule has 2 rings (SSSR count). The molecule has 0 saturated heterocycles. The molecular weight excluding hydrogens is 312 g/mol. The van der Waals surface area contributed by atoms with Gasteiger partial charge in [0.15, 0.2) is 0 Å². The number of para-hydroxylation sites is 2. The van der Waals surface area contributed by atoms with Gasteiger partial charge in [0.25, 0.3) is 0 Å². The smallest absolute Gasteiger partial charge is 0.125 e. The maximum absolute atomic E-state index is 10.2. The van der Waals surface area contributed by atoms with Gasteiger partial charge >= 0.3 is 0 Å². The van der Waals surface area contributed by atoms with Gasteiger partial charge in [-0.3, -0.25) is 0 Å². The Morgan fingerprint density at radius 2 is 1.68 bits per heavy atom. The second-order valence-electron chi connectivity index (χ2n) is 6.08. The lowest BCUT2D eigenvalue weighted by Gasteiger charge is -2.15. The van der Waals surface area contributed by atoms with Crippen LogP contribution in [0.5, 0.6) is 11.5 Å². The third kappa shape index (κ3) is 5.28. The molecule has 2 aromatic rings. The number of ether oxygens (including phenoxy) is 2. The van der Waals surface area contributed by atoms with E-state index in [-0.39, 0.29) is 0 Å². The molecule has 1 N–H and O–H groups in total. The molecule has 0 spiro atoms. The van der Waals surface area contributed by atoms with Crippen molar-refractivity contribution >= 4 is 0 Å². The summed E-state index contributed by atoms with van der Waals surface area (Å²) in [6.07, 6.45) is 5.10. The molecule has 0 fully saturated rings. The summed E-state index contributed by atoms with van der Waals surface area (Å²) in [7, 11) is 0. The largest absolute Gasteiger partial charge is 0.507 e. The van der Waals surface area contributed by atoms with Gasteiger partial charge < -0.3 is 14.6 Å². The zero-order chi connectivity index (χ0) is 18.1. The molecule has 0 aliphatic rings. The Balaban J connectivity index is 2.02. The van der Waals surface area contributed by atoms with Crippen LogP contribution >= 0.6 is 0 Å². The van der Waals surface area contributed by atoms with Crippen molar-refractivity contribution in [1.29, 1.82) is 0 Å². The van der Waals surface area contributed by atoms with Gasteiger partial charge in [-0.15, -0.1) is 0 Å². The van der Waals surface area contributed by atoms with Crippen LogP contribution in [-0.4, -0.2) is 18.3 Å². The van der Waals surface area contributed by atoms with Crippen LogP contribution in [0.3, 0.4) is 0 Å². The zero-order valence-electron chi connectivity index (χ0n) is 15.3. The third-order valence-electron chi connectivity index (χ3n) is 4.34. The van der Waals surface area contributed by atoms with Crippen molar-refractivity contribution in [3.63, 3.8) is 0 Å². The van der Waals surface area contributed by atoms with E-state index in [9.17, 15) is 5.11 Å². The van der Waals surface area contributed by atoms with Crippen LogP contribution < -0.4 is 4.74 Å². The van der Waals surface area contributed by atoms with E-state index in [0.29, 0.717) is 19.0 Å². The quantitative estimate of drug-likeness (QED) is 0.490. The molecule has 0 heterocycles. The lowest BCUT2D eigenvalue weighted by Crippen LogP contribution is -2.08. The van der Waals surface area contributed by atoms with Gasteiger partial charge in [0.05, 0.1) is 6.26 Å². The van der Waals surface area contributed by atoms with Crippen LogP contribution in [0.15, 0.2) is 49.2 Å². The Morgan fingerprint density at radius 1 is 1.00 bits per heavy atom. The van der Waals surface area contributed by atoms with Gasteiger partial charge in [0.2, 0.25) is 0 Å². The number of phenolic OH excluding ortho intramolecular Hbond substituents is 1. The average Bonchev–Trinajstić information content (AvgIpc) is 2.63. The van der Waals surface area contributed by atoms with Crippen molar-refractivity contribution < 1.29 is 14.6 Å². The fourth-order valence-corrected chi connectivity index (χ4v) is 2.96. The van der Waals surface area contributed by atoms with Gasteiger partial charge in [-0.1, -0.05) is 49.9 Å². The van der Waals surface area contributed by atoms with Crippen molar-refractivity contribution in [2.75, 3.05) is 13.2 Å². The van der Waals surface area contributed by atoms with Gasteiger partial charge in [-0.05, 0) is 54.9 Å². The lowest BCUT2D eigenvalue weighted by molar-refractivity contribution is 0.178. The minimum absolute atomic E-state index is 0.419. The normalized spacial score (nSPS) is 10.5. The van der Waals surface area contributed by atoms with Crippen molar-refractivity contribution in [3.8, 4) is 11.5 Å². The number of aromatic hydroxyl groups is 1. The highest BCUT2D eigenvalue weighted by atomic mass is 16.5. The summed E-state index contributed by atoms with van der Waals surface area (Å²) in [5.74, 6) is 1.40. The highest BCUT2D eigenvalue weighted by Gasteiger charge is 2.10. The molecule has 0 bridgehead atoms. The Hall–Kier alpha value is -2.42. The van der Waals surface area contributed by atoms with Crippen molar-refractivity contribution in [2.45, 2.75) is 39.5 Å². The Bertz CT molecular complexity index is 692. The second kappa shape index (κ2) is 9.77. The molecule has 0 amide bonds. The summed E-state index contributed by atoms with van der Waals surface area (Å²) < 4.78 is 11.1. The van der Waals surface area contributed by atoms with Crippen molar-refractivity contribution in [1.82, 2.24) is 0 Å². The Morgan fingerprint density at radius 3 is 2.44 bits per heavy atom. The topological polar surface area (TPSA) is 38.7 Å². The van der Waals surface area contributed by atoms with E-state index in [0.717, 1.165) is 42.6 Å². The molecule has 0 atom stereocenters. The molecule has 134 valence electrons. The monoisotopic (exact) mass is 340 g/mol. The second-order valence-corrected chi connectivity index (χ2v) is 6.08. The Labute approximate surface area is 150 Å². The summed E-state index contributed by atoms with van der Waals surface area (Å²) in [5.41, 5.74) is 4.37. The van der Waals surface area contributed by atoms with Crippen LogP contribution in [0.25, 0.3) is 0 Å². The number of benzene rings is 2. The van der Waals surface area contributed by atoms with E-state index < -0.39 is 0 Å². The predicted octanol–water partition coefficient (Wildman–Crippen LogP) is 4.98. The molecule has 3 nitrogen and oxygen atoms in total. The maximum atomic E-state index is 10.2. The summed E-state index contributed by atoms with van der Waals surface area (Å²) in [5, 5.41) is 10.2. The Kier molecular flexibility index (Phi) is 7.39. The molecule has 0 unspecified atom stereocenters. The van der Waals surface area contributed by atoms with Crippen molar-refractivity contribution in [3.05, 3.63) is 71.5 Å². The lowest BCUT2D eigenvalue weighted by atomic mass is 9.99. The molecular formula is C22H28O3. The zero-order valence-corrected chi connectivity index (χ0v) is 15.3. The van der Waals surface area contributed by atoms with E-state index in [4.69, 9.17) is 9.47 Å². The summed E-state index contributed by atoms with van der Waals surface area (Å²) in [6, 6.07) is 12.2. The number of hydrogen-bond acceptors (Lipinski definition) is 3. The van der Waals surface area contributed by atoms with Gasteiger partial charge in [0, 0.05) is 0 Å². The first-order chi connectivity index (χ1) is 12.2. The van der Waals surface area contributed by atoms with Crippen LogP contribution in [0.1, 0.15) is 35.6 Å².